The first kappa shape index (κ1) is 15.5. The molecule has 1 saturated carbocycles. The quantitative estimate of drug-likeness (QED) is 0.843. The fraction of sp³-hybridized carbons (Fsp3) is 0.667. The summed E-state index contributed by atoms with van der Waals surface area (Å²) in [6.45, 7) is 5.14. The third-order valence-electron chi connectivity index (χ3n) is 4.12. The minimum absolute atomic E-state index is 0.00465. The molecule has 1 unspecified atom stereocenters. The molecular weight excluding hydrogens is 246 g/mol. The van der Waals surface area contributed by atoms with Gasteiger partial charge in [0, 0.05) is 0 Å². The zero-order valence-electron chi connectivity index (χ0n) is 13.0. The van der Waals surface area contributed by atoms with E-state index in [0.717, 1.165) is 6.42 Å². The van der Waals surface area contributed by atoms with E-state index in [1.165, 1.54) is 43.2 Å². The molecule has 0 spiro atoms. The minimum atomic E-state index is 0.00465. The molecule has 0 aromatic heterocycles. The summed E-state index contributed by atoms with van der Waals surface area (Å²) in [4.78, 5) is 0. The Balaban J connectivity index is 1.80. The molecule has 2 N–H and O–H groups in total. The van der Waals surface area contributed by atoms with Gasteiger partial charge < -0.3 is 10.5 Å². The molecule has 2 heteroatoms. The Kier molecular flexibility index (Phi) is 6.06. The van der Waals surface area contributed by atoms with E-state index in [1.807, 2.05) is 0 Å². The van der Waals surface area contributed by atoms with Crippen LogP contribution in [0.3, 0.4) is 0 Å². The summed E-state index contributed by atoms with van der Waals surface area (Å²) in [5.41, 5.74) is 8.82. The van der Waals surface area contributed by atoms with Gasteiger partial charge in [0.15, 0.2) is 0 Å². The van der Waals surface area contributed by atoms with Gasteiger partial charge in [0.1, 0.15) is 0 Å². The monoisotopic (exact) mass is 275 g/mol. The van der Waals surface area contributed by atoms with E-state index in [0.29, 0.717) is 18.6 Å². The Morgan fingerprint density at radius 1 is 1.10 bits per heavy atom. The highest BCUT2D eigenvalue weighted by molar-refractivity contribution is 5.25. The molecule has 20 heavy (non-hydrogen) atoms. The maximum absolute atomic E-state index is 6.24. The van der Waals surface area contributed by atoms with E-state index in [-0.39, 0.29) is 6.04 Å². The van der Waals surface area contributed by atoms with Gasteiger partial charge in [-0.05, 0) is 36.3 Å². The predicted molar refractivity (Wildman–Crippen MR) is 84.7 cm³/mol. The summed E-state index contributed by atoms with van der Waals surface area (Å²) in [7, 11) is 0. The average molecular weight is 275 g/mol. The molecule has 1 aromatic rings. The number of rotatable bonds is 6. The number of ether oxygens (including phenoxy) is 1. The van der Waals surface area contributed by atoms with Gasteiger partial charge in [0.05, 0.1) is 18.8 Å². The average Bonchev–Trinajstić information content (AvgIpc) is 2.46. The van der Waals surface area contributed by atoms with Crippen LogP contribution in [0.15, 0.2) is 24.3 Å². The van der Waals surface area contributed by atoms with Crippen molar-refractivity contribution in [2.45, 2.75) is 64.5 Å². The van der Waals surface area contributed by atoms with Crippen LogP contribution in [0.1, 0.15) is 63.1 Å². The molecule has 0 radical (unpaired) electrons. The van der Waals surface area contributed by atoms with Crippen molar-refractivity contribution in [3.05, 3.63) is 35.4 Å². The lowest BCUT2D eigenvalue weighted by atomic mass is 9.97. The van der Waals surface area contributed by atoms with Gasteiger partial charge in [-0.1, -0.05) is 57.4 Å². The molecule has 0 bridgehead atoms. The van der Waals surface area contributed by atoms with E-state index >= 15 is 0 Å². The molecule has 2 nitrogen and oxygen atoms in total. The minimum Gasteiger partial charge on any atom is -0.376 e. The maximum Gasteiger partial charge on any atom is 0.0663 e. The molecule has 1 aromatic carbocycles. The van der Waals surface area contributed by atoms with E-state index in [2.05, 4.69) is 38.1 Å². The van der Waals surface area contributed by atoms with Crippen LogP contribution in [0.2, 0.25) is 0 Å². The lowest BCUT2D eigenvalue weighted by Crippen LogP contribution is -2.24. The summed E-state index contributed by atoms with van der Waals surface area (Å²) >= 11 is 0. The third-order valence-corrected chi connectivity index (χ3v) is 4.12. The van der Waals surface area contributed by atoms with Crippen molar-refractivity contribution in [1.82, 2.24) is 0 Å². The Bertz CT molecular complexity index is 379. The Morgan fingerprint density at radius 2 is 1.75 bits per heavy atom. The van der Waals surface area contributed by atoms with Crippen LogP contribution in [0.4, 0.5) is 0 Å². The maximum atomic E-state index is 6.24. The van der Waals surface area contributed by atoms with Gasteiger partial charge in [-0.25, -0.2) is 0 Å². The SMILES string of the molecule is CC(C)Cc1ccc(C(N)COC2CCCCC2)cc1. The standard InChI is InChI=1S/C18H29NO/c1-14(2)12-15-8-10-16(11-9-15)18(19)13-20-17-6-4-3-5-7-17/h8-11,14,17-18H,3-7,12-13,19H2,1-2H3. The molecule has 0 aliphatic heterocycles. The fourth-order valence-electron chi connectivity index (χ4n) is 2.94. The lowest BCUT2D eigenvalue weighted by Gasteiger charge is -2.24. The summed E-state index contributed by atoms with van der Waals surface area (Å²) in [5, 5.41) is 0. The van der Waals surface area contributed by atoms with Crippen molar-refractivity contribution in [3.63, 3.8) is 0 Å². The van der Waals surface area contributed by atoms with E-state index < -0.39 is 0 Å². The first-order chi connectivity index (χ1) is 9.65. The largest absolute Gasteiger partial charge is 0.376 e. The highest BCUT2D eigenvalue weighted by Crippen LogP contribution is 2.22. The number of hydrogen-bond acceptors (Lipinski definition) is 2. The van der Waals surface area contributed by atoms with E-state index in [4.69, 9.17) is 10.5 Å². The molecular formula is C18H29NO. The molecule has 2 rings (SSSR count). The van der Waals surface area contributed by atoms with Crippen molar-refractivity contribution >= 4 is 0 Å². The second-order valence-electron chi connectivity index (χ2n) is 6.54. The Labute approximate surface area is 123 Å². The normalized spacial score (nSPS) is 18.4. The Hall–Kier alpha value is -0.860. The van der Waals surface area contributed by atoms with Crippen molar-refractivity contribution < 1.29 is 4.74 Å². The van der Waals surface area contributed by atoms with Crippen LogP contribution in [-0.2, 0) is 11.2 Å². The van der Waals surface area contributed by atoms with Crippen LogP contribution in [-0.4, -0.2) is 12.7 Å². The molecule has 1 aliphatic rings. The number of nitrogens with two attached hydrogens (primary N) is 1. The van der Waals surface area contributed by atoms with Gasteiger partial charge >= 0.3 is 0 Å². The molecule has 1 aliphatic carbocycles. The van der Waals surface area contributed by atoms with Crippen LogP contribution in [0.5, 0.6) is 0 Å². The van der Waals surface area contributed by atoms with Crippen LogP contribution >= 0.6 is 0 Å². The van der Waals surface area contributed by atoms with E-state index in [1.54, 1.807) is 0 Å². The smallest absolute Gasteiger partial charge is 0.0663 e. The molecule has 0 amide bonds. The molecule has 0 saturated heterocycles. The van der Waals surface area contributed by atoms with Gasteiger partial charge in [-0.3, -0.25) is 0 Å². The molecule has 1 fully saturated rings. The first-order valence-electron chi connectivity index (χ1n) is 8.11. The van der Waals surface area contributed by atoms with E-state index in [9.17, 15) is 0 Å². The topological polar surface area (TPSA) is 35.2 Å². The molecule has 0 heterocycles. The summed E-state index contributed by atoms with van der Waals surface area (Å²) < 4.78 is 5.97. The second kappa shape index (κ2) is 7.80. The predicted octanol–water partition coefficient (Wildman–Crippen LogP) is 4.23. The van der Waals surface area contributed by atoms with Crippen molar-refractivity contribution in [2.24, 2.45) is 11.7 Å². The highest BCUT2D eigenvalue weighted by Gasteiger charge is 2.15. The van der Waals surface area contributed by atoms with Crippen LogP contribution in [0, 0.1) is 5.92 Å². The fourth-order valence-corrected chi connectivity index (χ4v) is 2.94. The van der Waals surface area contributed by atoms with Gasteiger partial charge in [0.2, 0.25) is 0 Å². The highest BCUT2D eigenvalue weighted by atomic mass is 16.5. The van der Waals surface area contributed by atoms with Crippen molar-refractivity contribution in [3.8, 4) is 0 Å². The van der Waals surface area contributed by atoms with Crippen LogP contribution < -0.4 is 5.73 Å². The molecule has 1 atom stereocenters. The first-order valence-corrected chi connectivity index (χ1v) is 8.11. The zero-order valence-corrected chi connectivity index (χ0v) is 13.0. The summed E-state index contributed by atoms with van der Waals surface area (Å²) in [6.07, 6.45) is 7.97. The summed E-state index contributed by atoms with van der Waals surface area (Å²) in [6, 6.07) is 8.73. The second-order valence-corrected chi connectivity index (χ2v) is 6.54. The van der Waals surface area contributed by atoms with Gasteiger partial charge in [0.25, 0.3) is 0 Å². The number of hydrogen-bond donors (Lipinski definition) is 1. The van der Waals surface area contributed by atoms with Crippen LogP contribution in [0.25, 0.3) is 0 Å². The van der Waals surface area contributed by atoms with Gasteiger partial charge in [-0.15, -0.1) is 0 Å². The van der Waals surface area contributed by atoms with Gasteiger partial charge in [-0.2, -0.15) is 0 Å². The van der Waals surface area contributed by atoms with Crippen molar-refractivity contribution in [1.29, 1.82) is 0 Å². The lowest BCUT2D eigenvalue weighted by molar-refractivity contribution is 0.0206. The zero-order chi connectivity index (χ0) is 14.4. The summed E-state index contributed by atoms with van der Waals surface area (Å²) in [5.74, 6) is 0.698. The molecule has 112 valence electrons. The number of benzene rings is 1. The Morgan fingerprint density at radius 3 is 2.35 bits per heavy atom. The third kappa shape index (κ3) is 4.92. The van der Waals surface area contributed by atoms with Crippen molar-refractivity contribution in [2.75, 3.05) is 6.61 Å².